The highest BCUT2D eigenvalue weighted by Crippen LogP contribution is 2.48. The quantitative estimate of drug-likeness (QED) is 0.898. The van der Waals surface area contributed by atoms with E-state index in [1.165, 1.54) is 16.9 Å². The van der Waals surface area contributed by atoms with Crippen molar-refractivity contribution in [2.45, 2.75) is 55.6 Å². The smallest absolute Gasteiger partial charge is 0.309 e. The van der Waals surface area contributed by atoms with Gasteiger partial charge < -0.3 is 5.11 Å². The van der Waals surface area contributed by atoms with Gasteiger partial charge in [0.05, 0.1) is 5.41 Å². The number of carboxylic acid groups (broad SMARTS) is 1. The van der Waals surface area contributed by atoms with Gasteiger partial charge in [0.1, 0.15) is 0 Å². The lowest BCUT2D eigenvalue weighted by Gasteiger charge is -2.38. The second-order valence-electron chi connectivity index (χ2n) is 6.54. The molecule has 1 heterocycles. The van der Waals surface area contributed by atoms with Crippen LogP contribution in [0.2, 0.25) is 0 Å². The summed E-state index contributed by atoms with van der Waals surface area (Å²) in [6.45, 7) is 2.20. The molecule has 1 aliphatic carbocycles. The molecular weight excluding hydrogens is 268 g/mol. The Morgan fingerprint density at radius 2 is 2.25 bits per heavy atom. The molecule has 3 heteroatoms. The van der Waals surface area contributed by atoms with E-state index in [-0.39, 0.29) is 0 Å². The maximum absolute atomic E-state index is 11.9. The summed E-state index contributed by atoms with van der Waals surface area (Å²) in [5.74, 6) is -0.0192. The molecule has 20 heavy (non-hydrogen) atoms. The predicted octanol–water partition coefficient (Wildman–Crippen LogP) is 4.37. The summed E-state index contributed by atoms with van der Waals surface area (Å²) in [6, 6.07) is 8.50. The van der Waals surface area contributed by atoms with Crippen molar-refractivity contribution >= 4 is 17.7 Å². The first kappa shape index (κ1) is 14.0. The number of thioether (sulfide) groups is 1. The van der Waals surface area contributed by atoms with Gasteiger partial charge >= 0.3 is 5.97 Å². The number of aliphatic carboxylic acids is 1. The summed E-state index contributed by atoms with van der Waals surface area (Å²) in [5, 5.41) is 10.2. The third-order valence-corrected chi connectivity index (χ3v) is 6.20. The van der Waals surface area contributed by atoms with Crippen molar-refractivity contribution < 1.29 is 9.90 Å². The molecule has 3 unspecified atom stereocenters. The minimum atomic E-state index is -0.569. The van der Waals surface area contributed by atoms with Crippen molar-refractivity contribution in [1.29, 1.82) is 0 Å². The Morgan fingerprint density at radius 1 is 1.45 bits per heavy atom. The fourth-order valence-corrected chi connectivity index (χ4v) is 5.41. The number of benzene rings is 1. The molecule has 2 aliphatic rings. The van der Waals surface area contributed by atoms with Crippen molar-refractivity contribution in [3.8, 4) is 0 Å². The topological polar surface area (TPSA) is 37.3 Å². The van der Waals surface area contributed by atoms with Gasteiger partial charge in [-0.25, -0.2) is 0 Å². The third-order valence-electron chi connectivity index (χ3n) is 4.88. The molecule has 0 saturated heterocycles. The van der Waals surface area contributed by atoms with Crippen LogP contribution in [0.3, 0.4) is 0 Å². The van der Waals surface area contributed by atoms with Gasteiger partial charge in [0.15, 0.2) is 0 Å². The van der Waals surface area contributed by atoms with E-state index in [9.17, 15) is 9.90 Å². The lowest BCUT2D eigenvalue weighted by molar-refractivity contribution is -0.152. The standard InChI is InChI=1S/C17H22O2S/c1-12-5-4-8-17(10-12,16(18)19)11-14-9-13-6-2-3-7-15(13)20-14/h2-3,6-7,12,14H,4-5,8-11H2,1H3,(H,18,19). The maximum atomic E-state index is 11.9. The summed E-state index contributed by atoms with van der Waals surface area (Å²) in [6.07, 6.45) is 5.83. The largest absolute Gasteiger partial charge is 0.481 e. The van der Waals surface area contributed by atoms with Crippen LogP contribution in [0.5, 0.6) is 0 Å². The van der Waals surface area contributed by atoms with Gasteiger partial charge in [-0.3, -0.25) is 4.79 Å². The number of hydrogen-bond acceptors (Lipinski definition) is 2. The molecule has 1 N–H and O–H groups in total. The summed E-state index contributed by atoms with van der Waals surface area (Å²) < 4.78 is 0. The van der Waals surface area contributed by atoms with Crippen LogP contribution in [-0.4, -0.2) is 16.3 Å². The summed E-state index contributed by atoms with van der Waals surface area (Å²) in [7, 11) is 0. The fourth-order valence-electron chi connectivity index (χ4n) is 3.93. The Bertz CT molecular complexity index is 488. The first-order valence-electron chi connectivity index (χ1n) is 7.57. The predicted molar refractivity (Wildman–Crippen MR) is 82.1 cm³/mol. The van der Waals surface area contributed by atoms with E-state index in [2.05, 4.69) is 31.2 Å². The first-order valence-corrected chi connectivity index (χ1v) is 8.45. The molecular formula is C17H22O2S. The molecule has 3 atom stereocenters. The number of carboxylic acids is 1. The van der Waals surface area contributed by atoms with Crippen LogP contribution in [0.1, 0.15) is 44.6 Å². The summed E-state index contributed by atoms with van der Waals surface area (Å²) in [5.41, 5.74) is 0.920. The van der Waals surface area contributed by atoms with Crippen LogP contribution in [0.25, 0.3) is 0 Å². The van der Waals surface area contributed by atoms with Crippen LogP contribution in [0, 0.1) is 11.3 Å². The zero-order valence-electron chi connectivity index (χ0n) is 12.0. The van der Waals surface area contributed by atoms with Gasteiger partial charge in [0.2, 0.25) is 0 Å². The highest BCUT2D eigenvalue weighted by molar-refractivity contribution is 8.00. The van der Waals surface area contributed by atoms with Gasteiger partial charge in [0, 0.05) is 10.1 Å². The molecule has 108 valence electrons. The molecule has 1 aliphatic heterocycles. The van der Waals surface area contributed by atoms with Gasteiger partial charge in [0.25, 0.3) is 0 Å². The zero-order valence-corrected chi connectivity index (χ0v) is 12.8. The highest BCUT2D eigenvalue weighted by Gasteiger charge is 2.44. The lowest BCUT2D eigenvalue weighted by Crippen LogP contribution is -2.38. The Hall–Kier alpha value is -0.960. The van der Waals surface area contributed by atoms with Gasteiger partial charge in [-0.05, 0) is 43.2 Å². The van der Waals surface area contributed by atoms with Crippen molar-refractivity contribution in [1.82, 2.24) is 0 Å². The Morgan fingerprint density at radius 3 is 2.95 bits per heavy atom. The third kappa shape index (κ3) is 2.60. The van der Waals surface area contributed by atoms with Crippen molar-refractivity contribution in [3.05, 3.63) is 29.8 Å². The van der Waals surface area contributed by atoms with Gasteiger partial charge in [-0.2, -0.15) is 0 Å². The molecule has 0 spiro atoms. The normalized spacial score (nSPS) is 32.9. The van der Waals surface area contributed by atoms with Gasteiger partial charge in [-0.1, -0.05) is 38.0 Å². The Balaban J connectivity index is 1.74. The minimum Gasteiger partial charge on any atom is -0.481 e. The molecule has 0 aromatic heterocycles. The van der Waals surface area contributed by atoms with Crippen molar-refractivity contribution in [2.24, 2.45) is 11.3 Å². The van der Waals surface area contributed by atoms with Crippen LogP contribution < -0.4 is 0 Å². The fraction of sp³-hybridized carbons (Fsp3) is 0.588. The molecule has 1 aromatic rings. The summed E-state index contributed by atoms with van der Waals surface area (Å²) >= 11 is 1.88. The Kier molecular flexibility index (Phi) is 3.80. The van der Waals surface area contributed by atoms with E-state index in [4.69, 9.17) is 0 Å². The van der Waals surface area contributed by atoms with Crippen LogP contribution in [-0.2, 0) is 11.2 Å². The molecule has 0 radical (unpaired) electrons. The van der Waals surface area contributed by atoms with E-state index >= 15 is 0 Å². The van der Waals surface area contributed by atoms with Gasteiger partial charge in [-0.15, -0.1) is 11.8 Å². The number of hydrogen-bond donors (Lipinski definition) is 1. The van der Waals surface area contributed by atoms with Crippen LogP contribution in [0.4, 0.5) is 0 Å². The highest BCUT2D eigenvalue weighted by atomic mass is 32.2. The van der Waals surface area contributed by atoms with Crippen molar-refractivity contribution in [2.75, 3.05) is 0 Å². The first-order chi connectivity index (χ1) is 9.59. The Labute approximate surface area is 125 Å². The number of rotatable bonds is 3. The SMILES string of the molecule is CC1CCCC(CC2Cc3ccccc3S2)(C(=O)O)C1. The number of carbonyl (C=O) groups is 1. The maximum Gasteiger partial charge on any atom is 0.309 e. The van der Waals surface area contributed by atoms with E-state index in [1.54, 1.807) is 0 Å². The molecule has 1 aromatic carbocycles. The molecule has 2 nitrogen and oxygen atoms in total. The zero-order chi connectivity index (χ0) is 14.2. The average Bonchev–Trinajstić information content (AvgIpc) is 2.80. The van der Waals surface area contributed by atoms with E-state index < -0.39 is 11.4 Å². The number of fused-ring (bicyclic) bond motifs is 1. The second kappa shape index (κ2) is 5.44. The summed E-state index contributed by atoms with van der Waals surface area (Å²) in [4.78, 5) is 13.2. The molecule has 1 saturated carbocycles. The van der Waals surface area contributed by atoms with Crippen LogP contribution in [0.15, 0.2) is 29.2 Å². The molecule has 0 bridgehead atoms. The molecule has 3 rings (SSSR count). The van der Waals surface area contributed by atoms with E-state index in [0.717, 1.165) is 32.1 Å². The van der Waals surface area contributed by atoms with E-state index in [0.29, 0.717) is 11.2 Å². The monoisotopic (exact) mass is 290 g/mol. The minimum absolute atomic E-state index is 0.439. The molecule has 1 fully saturated rings. The average molecular weight is 290 g/mol. The van der Waals surface area contributed by atoms with E-state index in [1.807, 2.05) is 11.8 Å². The van der Waals surface area contributed by atoms with Crippen LogP contribution >= 0.6 is 11.8 Å². The second-order valence-corrected chi connectivity index (χ2v) is 7.89. The lowest BCUT2D eigenvalue weighted by atomic mass is 9.67. The molecule has 0 amide bonds. The van der Waals surface area contributed by atoms with Crippen molar-refractivity contribution in [3.63, 3.8) is 0 Å².